The Morgan fingerprint density at radius 3 is 2.74 bits per heavy atom. The molecule has 2 heterocycles. The highest BCUT2D eigenvalue weighted by Gasteiger charge is 2.36. The van der Waals surface area contributed by atoms with Gasteiger partial charge in [-0.1, -0.05) is 54.4 Å². The van der Waals surface area contributed by atoms with E-state index in [1.165, 1.54) is 0 Å². The van der Waals surface area contributed by atoms with Gasteiger partial charge in [-0.2, -0.15) is 0 Å². The van der Waals surface area contributed by atoms with Crippen molar-refractivity contribution in [3.63, 3.8) is 0 Å². The molecule has 2 atom stereocenters. The number of fused-ring (bicyclic) bond motifs is 1. The maximum Gasteiger partial charge on any atom is 0.320 e. The first-order chi connectivity index (χ1) is 13.1. The fourth-order valence-electron chi connectivity index (χ4n) is 4.01. The van der Waals surface area contributed by atoms with E-state index in [1.807, 2.05) is 54.7 Å². The predicted octanol–water partition coefficient (Wildman–Crippen LogP) is 4.92. The molecule has 1 aliphatic heterocycles. The van der Waals surface area contributed by atoms with Crippen LogP contribution in [0.1, 0.15) is 36.4 Å². The Morgan fingerprint density at radius 2 is 1.93 bits per heavy atom. The second-order valence-electron chi connectivity index (χ2n) is 6.97. The minimum Gasteiger partial charge on any atom is -0.480 e. The topological polar surface area (TPSA) is 53.4 Å². The van der Waals surface area contributed by atoms with Crippen LogP contribution in [0.5, 0.6) is 0 Å². The van der Waals surface area contributed by atoms with Gasteiger partial charge < -0.3 is 5.11 Å². The molecule has 2 unspecified atom stereocenters. The van der Waals surface area contributed by atoms with E-state index in [4.69, 9.17) is 11.6 Å². The van der Waals surface area contributed by atoms with Crippen molar-refractivity contribution in [3.8, 4) is 0 Å². The van der Waals surface area contributed by atoms with Crippen LogP contribution in [0.15, 0.2) is 60.8 Å². The van der Waals surface area contributed by atoms with Crippen molar-refractivity contribution >= 4 is 28.5 Å². The second-order valence-corrected chi connectivity index (χ2v) is 7.38. The highest BCUT2D eigenvalue weighted by molar-refractivity contribution is 6.31. The zero-order valence-electron chi connectivity index (χ0n) is 14.9. The maximum atomic E-state index is 11.9. The number of piperidine rings is 1. The number of hydrogen-bond acceptors (Lipinski definition) is 3. The summed E-state index contributed by atoms with van der Waals surface area (Å²) >= 11 is 6.54. The van der Waals surface area contributed by atoms with Gasteiger partial charge in [0.2, 0.25) is 0 Å². The Morgan fingerprint density at radius 1 is 1.15 bits per heavy atom. The van der Waals surface area contributed by atoms with Crippen LogP contribution in [0.25, 0.3) is 10.9 Å². The summed E-state index contributed by atoms with van der Waals surface area (Å²) in [5.41, 5.74) is 2.81. The molecule has 0 amide bonds. The molecule has 0 bridgehead atoms. The van der Waals surface area contributed by atoms with E-state index in [0.29, 0.717) is 11.4 Å². The van der Waals surface area contributed by atoms with Crippen molar-refractivity contribution in [2.45, 2.75) is 31.3 Å². The highest BCUT2D eigenvalue weighted by atomic mass is 35.5. The van der Waals surface area contributed by atoms with Crippen LogP contribution >= 0.6 is 11.6 Å². The third kappa shape index (κ3) is 3.55. The van der Waals surface area contributed by atoms with Crippen LogP contribution in [0, 0.1) is 0 Å². The number of carboxylic acid groups (broad SMARTS) is 1. The molecule has 4 rings (SSSR count). The average Bonchev–Trinajstić information content (AvgIpc) is 2.70. The first-order valence-electron chi connectivity index (χ1n) is 9.23. The van der Waals surface area contributed by atoms with Gasteiger partial charge in [-0.05, 0) is 48.7 Å². The second kappa shape index (κ2) is 7.67. The molecule has 1 fully saturated rings. The number of nitrogens with zero attached hydrogens (tertiary/aromatic N) is 2. The monoisotopic (exact) mass is 380 g/mol. The smallest absolute Gasteiger partial charge is 0.320 e. The lowest BCUT2D eigenvalue weighted by atomic mass is 9.92. The molecule has 0 spiro atoms. The first-order valence-corrected chi connectivity index (χ1v) is 9.60. The van der Waals surface area contributed by atoms with Crippen molar-refractivity contribution < 1.29 is 9.90 Å². The van der Waals surface area contributed by atoms with Crippen LogP contribution in [0.3, 0.4) is 0 Å². The summed E-state index contributed by atoms with van der Waals surface area (Å²) in [5, 5.41) is 11.5. The summed E-state index contributed by atoms with van der Waals surface area (Å²) in [6.07, 6.45) is 4.41. The number of pyridine rings is 1. The fourth-order valence-corrected chi connectivity index (χ4v) is 4.25. The Bertz CT molecular complexity index is 975. The number of rotatable bonds is 4. The normalized spacial score (nSPS) is 19.1. The molecule has 1 aromatic heterocycles. The molecule has 0 radical (unpaired) electrons. The first kappa shape index (κ1) is 18.0. The Balaban J connectivity index is 1.87. The van der Waals surface area contributed by atoms with E-state index in [9.17, 15) is 9.90 Å². The summed E-state index contributed by atoms with van der Waals surface area (Å²) < 4.78 is 0. The van der Waals surface area contributed by atoms with Crippen molar-refractivity contribution in [1.29, 1.82) is 0 Å². The SMILES string of the molecule is O=C(O)C1CCCCN1C(c1cnc2ccccc2c1)c1ccccc1Cl. The van der Waals surface area contributed by atoms with E-state index in [-0.39, 0.29) is 6.04 Å². The van der Waals surface area contributed by atoms with Crippen molar-refractivity contribution in [1.82, 2.24) is 9.88 Å². The van der Waals surface area contributed by atoms with Gasteiger partial charge in [-0.15, -0.1) is 0 Å². The lowest BCUT2D eigenvalue weighted by Gasteiger charge is -2.39. The molecule has 138 valence electrons. The lowest BCUT2D eigenvalue weighted by molar-refractivity contribution is -0.145. The average molecular weight is 381 g/mol. The molecule has 1 N–H and O–H groups in total. The summed E-state index contributed by atoms with van der Waals surface area (Å²) in [7, 11) is 0. The van der Waals surface area contributed by atoms with Gasteiger partial charge in [0.25, 0.3) is 0 Å². The molecule has 0 aliphatic carbocycles. The fraction of sp³-hybridized carbons (Fsp3) is 0.273. The number of aromatic nitrogens is 1. The van der Waals surface area contributed by atoms with Crippen LogP contribution < -0.4 is 0 Å². The van der Waals surface area contributed by atoms with E-state index in [0.717, 1.165) is 41.4 Å². The van der Waals surface area contributed by atoms with E-state index in [1.54, 1.807) is 0 Å². The van der Waals surface area contributed by atoms with E-state index >= 15 is 0 Å². The number of hydrogen-bond donors (Lipinski definition) is 1. The zero-order chi connectivity index (χ0) is 18.8. The quantitative estimate of drug-likeness (QED) is 0.698. The molecule has 5 heteroatoms. The number of aliphatic carboxylic acids is 1. The number of halogens is 1. The van der Waals surface area contributed by atoms with E-state index < -0.39 is 12.0 Å². The predicted molar refractivity (Wildman–Crippen MR) is 107 cm³/mol. The molecule has 2 aromatic carbocycles. The third-order valence-corrected chi connectivity index (χ3v) is 5.63. The molecular weight excluding hydrogens is 360 g/mol. The number of likely N-dealkylation sites (tertiary alicyclic amines) is 1. The van der Waals surface area contributed by atoms with Crippen molar-refractivity contribution in [2.75, 3.05) is 6.54 Å². The van der Waals surface area contributed by atoms with Gasteiger partial charge in [0.15, 0.2) is 0 Å². The Labute approximate surface area is 163 Å². The summed E-state index contributed by atoms with van der Waals surface area (Å²) in [6.45, 7) is 0.722. The zero-order valence-corrected chi connectivity index (χ0v) is 15.6. The maximum absolute atomic E-state index is 11.9. The third-order valence-electron chi connectivity index (χ3n) is 5.29. The van der Waals surface area contributed by atoms with Crippen molar-refractivity contribution in [3.05, 3.63) is 76.9 Å². The molecule has 1 saturated heterocycles. The number of para-hydroxylation sites is 1. The number of benzene rings is 2. The molecule has 27 heavy (non-hydrogen) atoms. The summed E-state index contributed by atoms with van der Waals surface area (Å²) in [6, 6.07) is 17.0. The van der Waals surface area contributed by atoms with Crippen LogP contribution in [-0.2, 0) is 4.79 Å². The van der Waals surface area contributed by atoms with Gasteiger partial charge in [0, 0.05) is 16.6 Å². The van der Waals surface area contributed by atoms with Gasteiger partial charge in [-0.3, -0.25) is 14.7 Å². The summed E-state index contributed by atoms with van der Waals surface area (Å²) in [5.74, 6) is -0.777. The molecular formula is C22H21ClN2O2. The largest absolute Gasteiger partial charge is 0.480 e. The molecule has 0 saturated carbocycles. The van der Waals surface area contributed by atoms with Crippen LogP contribution in [0.4, 0.5) is 0 Å². The lowest BCUT2D eigenvalue weighted by Crippen LogP contribution is -2.46. The Hall–Kier alpha value is -2.43. The highest BCUT2D eigenvalue weighted by Crippen LogP contribution is 2.37. The van der Waals surface area contributed by atoms with Crippen molar-refractivity contribution in [2.24, 2.45) is 0 Å². The molecule has 1 aliphatic rings. The number of carboxylic acids is 1. The Kier molecular flexibility index (Phi) is 5.10. The summed E-state index contributed by atoms with van der Waals surface area (Å²) in [4.78, 5) is 18.6. The van der Waals surface area contributed by atoms with E-state index in [2.05, 4.69) is 16.0 Å². The van der Waals surface area contributed by atoms with Gasteiger partial charge in [-0.25, -0.2) is 0 Å². The van der Waals surface area contributed by atoms with Gasteiger partial charge in [0.1, 0.15) is 6.04 Å². The minimum atomic E-state index is -0.777. The minimum absolute atomic E-state index is 0.239. The standard InChI is InChI=1S/C22H21ClN2O2/c23-18-9-3-2-8-17(18)21(25-12-6-5-11-20(25)22(26)27)16-13-15-7-1-4-10-19(15)24-14-16/h1-4,7-10,13-14,20-21H,5-6,11-12H2,(H,26,27). The molecule has 4 nitrogen and oxygen atoms in total. The van der Waals surface area contributed by atoms with Crippen LogP contribution in [0.2, 0.25) is 5.02 Å². The van der Waals surface area contributed by atoms with Crippen LogP contribution in [-0.4, -0.2) is 33.5 Å². The van der Waals surface area contributed by atoms with Gasteiger partial charge in [0.05, 0.1) is 11.6 Å². The van der Waals surface area contributed by atoms with Gasteiger partial charge >= 0.3 is 5.97 Å². The molecule has 3 aromatic rings. The number of carbonyl (C=O) groups is 1.